The molecule has 0 saturated heterocycles. The summed E-state index contributed by atoms with van der Waals surface area (Å²) in [5.41, 5.74) is 3.66. The molecular formula is C14H19ClO. The molecule has 0 radical (unpaired) electrons. The van der Waals surface area contributed by atoms with E-state index in [1.54, 1.807) is 7.11 Å². The van der Waals surface area contributed by atoms with Gasteiger partial charge in [0.15, 0.2) is 0 Å². The second-order valence-electron chi connectivity index (χ2n) is 4.14. The summed E-state index contributed by atoms with van der Waals surface area (Å²) in [7, 11) is 1.71. The summed E-state index contributed by atoms with van der Waals surface area (Å²) >= 11 is 5.94. The highest BCUT2D eigenvalue weighted by atomic mass is 35.5. The van der Waals surface area contributed by atoms with Crippen molar-refractivity contribution in [3.63, 3.8) is 0 Å². The molecule has 1 nitrogen and oxygen atoms in total. The minimum atomic E-state index is 0.480. The third-order valence-corrected chi connectivity index (χ3v) is 2.90. The largest absolute Gasteiger partial charge is 0.380 e. The van der Waals surface area contributed by atoms with E-state index in [0.717, 1.165) is 0 Å². The van der Waals surface area contributed by atoms with Crippen LogP contribution in [0.2, 0.25) is 0 Å². The van der Waals surface area contributed by atoms with Crippen molar-refractivity contribution in [1.82, 2.24) is 0 Å². The summed E-state index contributed by atoms with van der Waals surface area (Å²) in [6.45, 7) is 4.96. The minimum Gasteiger partial charge on any atom is -0.380 e. The standard InChI is InChI=1S/C14H19ClO/c1-11(2)14(9-15)8-12-6-4-5-7-13(12)10-16-3/h4-8,11H,9-10H2,1-3H3. The second-order valence-corrected chi connectivity index (χ2v) is 4.41. The van der Waals surface area contributed by atoms with Crippen molar-refractivity contribution in [3.8, 4) is 0 Å². The van der Waals surface area contributed by atoms with Crippen LogP contribution in [0.15, 0.2) is 29.8 Å². The lowest BCUT2D eigenvalue weighted by molar-refractivity contribution is 0.184. The molecule has 0 aliphatic rings. The minimum absolute atomic E-state index is 0.480. The zero-order valence-corrected chi connectivity index (χ0v) is 10.9. The van der Waals surface area contributed by atoms with Crippen LogP contribution in [0.25, 0.3) is 6.08 Å². The number of alkyl halides is 1. The first-order chi connectivity index (χ1) is 7.69. The molecule has 2 heteroatoms. The van der Waals surface area contributed by atoms with Crippen LogP contribution in [0.5, 0.6) is 0 Å². The molecule has 16 heavy (non-hydrogen) atoms. The third-order valence-electron chi connectivity index (χ3n) is 2.59. The molecule has 0 bridgehead atoms. The van der Waals surface area contributed by atoms with Gasteiger partial charge in [0.1, 0.15) is 0 Å². The molecule has 0 atom stereocenters. The fourth-order valence-electron chi connectivity index (χ4n) is 1.52. The normalized spacial score (nSPS) is 12.2. The van der Waals surface area contributed by atoms with Gasteiger partial charge in [-0.2, -0.15) is 0 Å². The van der Waals surface area contributed by atoms with E-state index < -0.39 is 0 Å². The molecule has 0 heterocycles. The number of allylic oxidation sites excluding steroid dienone is 1. The van der Waals surface area contributed by atoms with Crippen molar-refractivity contribution in [3.05, 3.63) is 41.0 Å². The Morgan fingerprint density at radius 1 is 1.38 bits per heavy atom. The maximum Gasteiger partial charge on any atom is 0.0718 e. The van der Waals surface area contributed by atoms with Gasteiger partial charge in [-0.1, -0.05) is 49.8 Å². The van der Waals surface area contributed by atoms with E-state index in [4.69, 9.17) is 16.3 Å². The number of hydrogen-bond acceptors (Lipinski definition) is 1. The number of hydrogen-bond donors (Lipinski definition) is 0. The van der Waals surface area contributed by atoms with Crippen LogP contribution in [-0.2, 0) is 11.3 Å². The van der Waals surface area contributed by atoms with E-state index in [1.165, 1.54) is 16.7 Å². The van der Waals surface area contributed by atoms with E-state index in [9.17, 15) is 0 Å². The summed E-state index contributed by atoms with van der Waals surface area (Å²) in [6, 6.07) is 8.25. The van der Waals surface area contributed by atoms with Crippen LogP contribution in [0, 0.1) is 5.92 Å². The molecule has 0 aliphatic carbocycles. The first kappa shape index (κ1) is 13.3. The Bertz CT molecular complexity index is 356. The lowest BCUT2D eigenvalue weighted by Gasteiger charge is -2.10. The molecule has 1 rings (SSSR count). The second kappa shape index (κ2) is 6.72. The Morgan fingerprint density at radius 2 is 2.06 bits per heavy atom. The van der Waals surface area contributed by atoms with Crippen LogP contribution < -0.4 is 0 Å². The smallest absolute Gasteiger partial charge is 0.0718 e. The van der Waals surface area contributed by atoms with Gasteiger partial charge in [-0.05, 0) is 17.0 Å². The SMILES string of the molecule is COCc1ccccc1C=C(CCl)C(C)C. The Kier molecular flexibility index (Phi) is 5.58. The topological polar surface area (TPSA) is 9.23 Å². The fourth-order valence-corrected chi connectivity index (χ4v) is 1.91. The lowest BCUT2D eigenvalue weighted by Crippen LogP contribution is -1.97. The molecule has 1 aromatic rings. The zero-order valence-electron chi connectivity index (χ0n) is 10.2. The molecule has 88 valence electrons. The summed E-state index contributed by atoms with van der Waals surface area (Å²) in [5, 5.41) is 0. The van der Waals surface area contributed by atoms with Gasteiger partial charge in [0.05, 0.1) is 6.61 Å². The summed E-state index contributed by atoms with van der Waals surface area (Å²) < 4.78 is 5.18. The number of rotatable bonds is 5. The van der Waals surface area contributed by atoms with Crippen molar-refractivity contribution < 1.29 is 4.74 Å². The van der Waals surface area contributed by atoms with Gasteiger partial charge in [0.25, 0.3) is 0 Å². The predicted molar refractivity (Wildman–Crippen MR) is 70.7 cm³/mol. The molecule has 0 aliphatic heterocycles. The van der Waals surface area contributed by atoms with Crippen LogP contribution in [0.4, 0.5) is 0 Å². The molecular weight excluding hydrogens is 220 g/mol. The van der Waals surface area contributed by atoms with Crippen molar-refractivity contribution in [2.45, 2.75) is 20.5 Å². The van der Waals surface area contributed by atoms with Crippen molar-refractivity contribution in [2.24, 2.45) is 5.92 Å². The quantitative estimate of drug-likeness (QED) is 0.702. The summed E-state index contributed by atoms with van der Waals surface area (Å²) in [6.07, 6.45) is 2.17. The molecule has 0 N–H and O–H groups in total. The highest BCUT2D eigenvalue weighted by molar-refractivity contribution is 6.19. The molecule has 0 aromatic heterocycles. The molecule has 0 amide bonds. The highest BCUT2D eigenvalue weighted by Gasteiger charge is 2.04. The molecule has 1 aromatic carbocycles. The molecule has 0 spiro atoms. The van der Waals surface area contributed by atoms with Crippen LogP contribution in [0.3, 0.4) is 0 Å². The van der Waals surface area contributed by atoms with E-state index in [-0.39, 0.29) is 0 Å². The van der Waals surface area contributed by atoms with Crippen LogP contribution in [0.1, 0.15) is 25.0 Å². The zero-order chi connectivity index (χ0) is 12.0. The fraction of sp³-hybridized carbons (Fsp3) is 0.429. The average molecular weight is 239 g/mol. The number of benzene rings is 1. The Balaban J connectivity index is 3.02. The van der Waals surface area contributed by atoms with Crippen molar-refractivity contribution in [2.75, 3.05) is 13.0 Å². The van der Waals surface area contributed by atoms with Crippen molar-refractivity contribution >= 4 is 17.7 Å². The molecule has 0 unspecified atom stereocenters. The Morgan fingerprint density at radius 3 is 2.62 bits per heavy atom. The predicted octanol–water partition coefficient (Wildman–Crippen LogP) is 4.11. The lowest BCUT2D eigenvalue weighted by atomic mass is 9.99. The van der Waals surface area contributed by atoms with Gasteiger partial charge in [0, 0.05) is 13.0 Å². The van der Waals surface area contributed by atoms with Gasteiger partial charge >= 0.3 is 0 Å². The van der Waals surface area contributed by atoms with Crippen LogP contribution >= 0.6 is 11.6 Å². The Hall–Kier alpha value is -0.790. The monoisotopic (exact) mass is 238 g/mol. The maximum atomic E-state index is 5.94. The number of ether oxygens (including phenoxy) is 1. The number of halogens is 1. The average Bonchev–Trinajstić information content (AvgIpc) is 2.27. The van der Waals surface area contributed by atoms with Gasteiger partial charge in [-0.15, -0.1) is 11.6 Å². The van der Waals surface area contributed by atoms with E-state index in [1.807, 2.05) is 12.1 Å². The first-order valence-corrected chi connectivity index (χ1v) is 6.05. The Labute approximate surface area is 103 Å². The molecule has 0 fully saturated rings. The first-order valence-electron chi connectivity index (χ1n) is 5.52. The summed E-state index contributed by atoms with van der Waals surface area (Å²) in [5.74, 6) is 1.06. The summed E-state index contributed by atoms with van der Waals surface area (Å²) in [4.78, 5) is 0. The maximum absolute atomic E-state index is 5.94. The van der Waals surface area contributed by atoms with Gasteiger partial charge in [0.2, 0.25) is 0 Å². The van der Waals surface area contributed by atoms with E-state index in [0.29, 0.717) is 18.4 Å². The van der Waals surface area contributed by atoms with E-state index in [2.05, 4.69) is 32.1 Å². The molecule has 0 saturated carbocycles. The third kappa shape index (κ3) is 3.66. The van der Waals surface area contributed by atoms with Crippen molar-refractivity contribution in [1.29, 1.82) is 0 Å². The number of methoxy groups -OCH3 is 1. The van der Waals surface area contributed by atoms with Gasteiger partial charge in [-0.25, -0.2) is 0 Å². The van der Waals surface area contributed by atoms with Gasteiger partial charge in [-0.3, -0.25) is 0 Å². The van der Waals surface area contributed by atoms with E-state index >= 15 is 0 Å². The van der Waals surface area contributed by atoms with Gasteiger partial charge < -0.3 is 4.74 Å². The van der Waals surface area contributed by atoms with Crippen LogP contribution in [-0.4, -0.2) is 13.0 Å². The highest BCUT2D eigenvalue weighted by Crippen LogP contribution is 2.19.